The molecule has 9 heteroatoms. The third-order valence-electron chi connectivity index (χ3n) is 4.78. The number of hydrogen-bond donors (Lipinski definition) is 2. The van der Waals surface area contributed by atoms with Gasteiger partial charge in [0.1, 0.15) is 6.04 Å². The summed E-state index contributed by atoms with van der Waals surface area (Å²) in [6, 6.07) is 7.75. The molecule has 3 heterocycles. The number of benzene rings is 1. The minimum atomic E-state index is -0.705. The molecule has 9 nitrogen and oxygen atoms in total. The Kier molecular flexibility index (Phi) is 5.28. The second-order valence-electron chi connectivity index (χ2n) is 6.78. The van der Waals surface area contributed by atoms with E-state index >= 15 is 0 Å². The summed E-state index contributed by atoms with van der Waals surface area (Å²) in [6.45, 7) is 0.682. The maximum atomic E-state index is 12.6. The van der Waals surface area contributed by atoms with Gasteiger partial charge in [-0.3, -0.25) is 19.5 Å². The van der Waals surface area contributed by atoms with E-state index in [1.165, 1.54) is 0 Å². The van der Waals surface area contributed by atoms with Crippen LogP contribution in [0.5, 0.6) is 11.5 Å². The molecule has 2 aromatic rings. The number of urea groups is 1. The fraction of sp³-hybridized carbons (Fsp3) is 0.300. The first-order valence-corrected chi connectivity index (χ1v) is 9.26. The Labute approximate surface area is 167 Å². The van der Waals surface area contributed by atoms with Gasteiger partial charge in [0.2, 0.25) is 12.7 Å². The van der Waals surface area contributed by atoms with Gasteiger partial charge in [-0.25, -0.2) is 4.79 Å². The molecule has 0 saturated carbocycles. The quantitative estimate of drug-likeness (QED) is 0.684. The fourth-order valence-electron chi connectivity index (χ4n) is 3.21. The minimum absolute atomic E-state index is 0.131. The van der Waals surface area contributed by atoms with Crippen LogP contribution in [0.3, 0.4) is 0 Å². The van der Waals surface area contributed by atoms with Crippen molar-refractivity contribution in [2.75, 3.05) is 6.79 Å². The van der Waals surface area contributed by atoms with E-state index in [9.17, 15) is 14.4 Å². The molecule has 2 aliphatic rings. The number of rotatable bonds is 7. The van der Waals surface area contributed by atoms with Crippen LogP contribution < -0.4 is 20.1 Å². The molecular weight excluding hydrogens is 376 g/mol. The van der Waals surface area contributed by atoms with Crippen LogP contribution in [-0.2, 0) is 22.7 Å². The van der Waals surface area contributed by atoms with Crippen molar-refractivity contribution in [2.45, 2.75) is 32.0 Å². The molecule has 1 atom stereocenters. The number of nitrogens with zero attached hydrogens (tertiary/aromatic N) is 2. The summed E-state index contributed by atoms with van der Waals surface area (Å²) in [4.78, 5) is 41.9. The topological polar surface area (TPSA) is 110 Å². The average Bonchev–Trinajstić information content (AvgIpc) is 3.31. The van der Waals surface area contributed by atoms with Gasteiger partial charge in [-0.1, -0.05) is 6.07 Å². The molecule has 0 radical (unpaired) electrons. The molecule has 1 aromatic carbocycles. The highest BCUT2D eigenvalue weighted by atomic mass is 16.7. The lowest BCUT2D eigenvalue weighted by molar-refractivity contribution is -0.128. The Bertz CT molecular complexity index is 934. The Morgan fingerprint density at radius 1 is 1.14 bits per heavy atom. The first-order valence-electron chi connectivity index (χ1n) is 9.26. The van der Waals surface area contributed by atoms with Crippen molar-refractivity contribution in [3.8, 4) is 11.5 Å². The number of carbonyl (C=O) groups excluding carboxylic acids is 3. The average molecular weight is 396 g/mol. The van der Waals surface area contributed by atoms with E-state index in [0.29, 0.717) is 18.0 Å². The van der Waals surface area contributed by atoms with Gasteiger partial charge in [0.25, 0.3) is 5.91 Å². The van der Waals surface area contributed by atoms with Gasteiger partial charge < -0.3 is 20.1 Å². The Hall–Kier alpha value is -3.62. The maximum Gasteiger partial charge on any atom is 0.325 e. The molecule has 150 valence electrons. The van der Waals surface area contributed by atoms with E-state index in [-0.39, 0.29) is 38.0 Å². The molecule has 0 spiro atoms. The zero-order chi connectivity index (χ0) is 20.2. The van der Waals surface area contributed by atoms with Crippen LogP contribution in [0.15, 0.2) is 42.7 Å². The highest BCUT2D eigenvalue weighted by Crippen LogP contribution is 2.33. The van der Waals surface area contributed by atoms with E-state index < -0.39 is 12.1 Å². The first kappa shape index (κ1) is 18.7. The molecule has 4 rings (SSSR count). The molecule has 2 N–H and O–H groups in total. The number of pyridine rings is 1. The summed E-state index contributed by atoms with van der Waals surface area (Å²) in [5, 5.41) is 5.44. The lowest BCUT2D eigenvalue weighted by Crippen LogP contribution is -2.32. The van der Waals surface area contributed by atoms with Gasteiger partial charge in [-0.2, -0.15) is 0 Å². The van der Waals surface area contributed by atoms with Crippen LogP contribution in [0.1, 0.15) is 24.0 Å². The molecule has 1 fully saturated rings. The molecule has 2 aliphatic heterocycles. The monoisotopic (exact) mass is 396 g/mol. The van der Waals surface area contributed by atoms with Gasteiger partial charge in [0.05, 0.1) is 6.54 Å². The summed E-state index contributed by atoms with van der Waals surface area (Å²) in [7, 11) is 0. The van der Waals surface area contributed by atoms with Crippen LogP contribution in [0.2, 0.25) is 0 Å². The highest BCUT2D eigenvalue weighted by Gasteiger charge is 2.38. The second-order valence-corrected chi connectivity index (χ2v) is 6.78. The number of imide groups is 1. The summed E-state index contributed by atoms with van der Waals surface area (Å²) in [5.74, 6) is 0.714. The lowest BCUT2D eigenvalue weighted by atomic mass is 10.1. The van der Waals surface area contributed by atoms with Gasteiger partial charge in [-0.15, -0.1) is 0 Å². The molecule has 0 aliphatic carbocycles. The van der Waals surface area contributed by atoms with Gasteiger partial charge in [-0.05, 0) is 41.8 Å². The summed E-state index contributed by atoms with van der Waals surface area (Å²) >= 11 is 0. The van der Waals surface area contributed by atoms with Crippen molar-refractivity contribution in [3.05, 3.63) is 53.9 Å². The smallest absolute Gasteiger partial charge is 0.325 e. The fourth-order valence-corrected chi connectivity index (χ4v) is 3.21. The van der Waals surface area contributed by atoms with Crippen molar-refractivity contribution < 1.29 is 23.9 Å². The number of carbonyl (C=O) groups is 3. The molecular formula is C20H20N4O5. The SMILES string of the molecule is O=C(CC[C@@H]1NC(=O)N(Cc2ccc3c(c2)OCO3)C1=O)NCc1ccncc1. The van der Waals surface area contributed by atoms with E-state index in [1.807, 2.05) is 12.1 Å². The molecule has 1 saturated heterocycles. The van der Waals surface area contributed by atoms with Gasteiger partial charge >= 0.3 is 6.03 Å². The Morgan fingerprint density at radius 3 is 2.76 bits per heavy atom. The van der Waals surface area contributed by atoms with E-state index in [4.69, 9.17) is 9.47 Å². The lowest BCUT2D eigenvalue weighted by Gasteiger charge is -2.13. The van der Waals surface area contributed by atoms with Crippen molar-refractivity contribution in [1.29, 1.82) is 0 Å². The Balaban J connectivity index is 1.28. The third-order valence-corrected chi connectivity index (χ3v) is 4.78. The van der Waals surface area contributed by atoms with Gasteiger partial charge in [0.15, 0.2) is 11.5 Å². The van der Waals surface area contributed by atoms with Crippen LogP contribution in [0.25, 0.3) is 0 Å². The molecule has 1 aromatic heterocycles. The summed E-state index contributed by atoms with van der Waals surface area (Å²) in [6.07, 6.45) is 3.69. The number of hydrogen-bond acceptors (Lipinski definition) is 6. The van der Waals surface area contributed by atoms with Crippen molar-refractivity contribution in [2.24, 2.45) is 0 Å². The number of amides is 4. The Morgan fingerprint density at radius 2 is 1.93 bits per heavy atom. The molecule has 29 heavy (non-hydrogen) atoms. The number of nitrogens with one attached hydrogen (secondary N) is 2. The molecule has 0 bridgehead atoms. The van der Waals surface area contributed by atoms with Crippen molar-refractivity contribution in [3.63, 3.8) is 0 Å². The van der Waals surface area contributed by atoms with Gasteiger partial charge in [0, 0.05) is 25.4 Å². The maximum absolute atomic E-state index is 12.6. The zero-order valence-corrected chi connectivity index (χ0v) is 15.6. The number of ether oxygens (including phenoxy) is 2. The molecule has 4 amide bonds. The van der Waals surface area contributed by atoms with Crippen LogP contribution in [0.4, 0.5) is 4.79 Å². The van der Waals surface area contributed by atoms with E-state index in [0.717, 1.165) is 16.0 Å². The number of aromatic nitrogens is 1. The van der Waals surface area contributed by atoms with E-state index in [1.54, 1.807) is 30.6 Å². The predicted molar refractivity (Wildman–Crippen MR) is 101 cm³/mol. The van der Waals surface area contributed by atoms with Crippen LogP contribution in [0, 0.1) is 0 Å². The minimum Gasteiger partial charge on any atom is -0.454 e. The second kappa shape index (κ2) is 8.17. The molecule has 0 unspecified atom stereocenters. The van der Waals surface area contributed by atoms with Crippen LogP contribution >= 0.6 is 0 Å². The summed E-state index contributed by atoms with van der Waals surface area (Å²) in [5.41, 5.74) is 1.70. The van der Waals surface area contributed by atoms with E-state index in [2.05, 4.69) is 15.6 Å². The van der Waals surface area contributed by atoms with Crippen molar-refractivity contribution in [1.82, 2.24) is 20.5 Å². The number of fused-ring (bicyclic) bond motifs is 1. The highest BCUT2D eigenvalue weighted by molar-refractivity contribution is 6.04. The third kappa shape index (κ3) is 4.29. The standard InChI is InChI=1S/C20H20N4O5/c25-18(22-10-13-5-7-21-8-6-13)4-2-15-19(26)24(20(27)23-15)11-14-1-3-16-17(9-14)29-12-28-16/h1,3,5-9,15H,2,4,10-12H2,(H,22,25)(H,23,27)/t15-/m0/s1. The first-order chi connectivity index (χ1) is 14.1. The largest absolute Gasteiger partial charge is 0.454 e. The normalized spacial score (nSPS) is 17.4. The van der Waals surface area contributed by atoms with Crippen molar-refractivity contribution >= 4 is 17.8 Å². The predicted octanol–water partition coefficient (Wildman–Crippen LogP) is 1.33. The summed E-state index contributed by atoms with van der Waals surface area (Å²) < 4.78 is 10.6. The van der Waals surface area contributed by atoms with Crippen LogP contribution in [-0.4, -0.2) is 40.6 Å². The zero-order valence-electron chi connectivity index (χ0n) is 15.6.